The highest BCUT2D eigenvalue weighted by atomic mass is 16.5. The number of fused-ring (bicyclic) bond motifs is 1. The molecule has 5 heteroatoms. The number of hydrogen-bond donors (Lipinski definition) is 1. The first kappa shape index (κ1) is 18.7. The van der Waals surface area contributed by atoms with E-state index in [1.807, 2.05) is 62.4 Å². The molecule has 3 aromatic rings. The third-order valence-corrected chi connectivity index (χ3v) is 4.47. The van der Waals surface area contributed by atoms with Crippen LogP contribution < -0.4 is 10.1 Å². The molecule has 1 unspecified atom stereocenters. The standard InChI is InChI=1S/C22H25N3O2/c1-15(2)22(26)23-17(4)21-24-18-10-6-7-11-19(18)25(21)13-14-27-20-12-8-5-9-16(20)3/h5-12,17H,1,13-14H2,2-4H3,(H,23,26). The van der Waals surface area contributed by atoms with Crippen molar-refractivity contribution >= 4 is 16.9 Å². The van der Waals surface area contributed by atoms with Crippen LogP contribution in [0.2, 0.25) is 0 Å². The maximum atomic E-state index is 12.0. The zero-order valence-electron chi connectivity index (χ0n) is 16.0. The molecular formula is C22H25N3O2. The van der Waals surface area contributed by atoms with Gasteiger partial charge in [-0.2, -0.15) is 0 Å². The maximum Gasteiger partial charge on any atom is 0.246 e. The van der Waals surface area contributed by atoms with E-state index in [1.165, 1.54) is 0 Å². The summed E-state index contributed by atoms with van der Waals surface area (Å²) >= 11 is 0. The molecule has 1 aromatic heterocycles. The Labute approximate surface area is 159 Å². The predicted molar refractivity (Wildman–Crippen MR) is 108 cm³/mol. The van der Waals surface area contributed by atoms with Gasteiger partial charge in [0.05, 0.1) is 23.6 Å². The summed E-state index contributed by atoms with van der Waals surface area (Å²) in [4.78, 5) is 16.7. The minimum absolute atomic E-state index is 0.169. The van der Waals surface area contributed by atoms with Gasteiger partial charge in [0.25, 0.3) is 0 Å². The Bertz CT molecular complexity index is 975. The minimum Gasteiger partial charge on any atom is -0.491 e. The summed E-state index contributed by atoms with van der Waals surface area (Å²) in [6.45, 7) is 10.5. The Kier molecular flexibility index (Phi) is 5.60. The largest absolute Gasteiger partial charge is 0.491 e. The van der Waals surface area contributed by atoms with Crippen molar-refractivity contribution in [1.82, 2.24) is 14.9 Å². The van der Waals surface area contributed by atoms with Gasteiger partial charge in [0, 0.05) is 5.57 Å². The lowest BCUT2D eigenvalue weighted by Crippen LogP contribution is -2.29. The van der Waals surface area contributed by atoms with Gasteiger partial charge in [-0.15, -0.1) is 0 Å². The van der Waals surface area contributed by atoms with Crippen LogP contribution in [-0.4, -0.2) is 22.1 Å². The quantitative estimate of drug-likeness (QED) is 0.641. The molecule has 0 aliphatic rings. The summed E-state index contributed by atoms with van der Waals surface area (Å²) in [5.41, 5.74) is 3.51. The number of para-hydroxylation sites is 3. The van der Waals surface area contributed by atoms with Gasteiger partial charge in [0.1, 0.15) is 18.2 Å². The number of aromatic nitrogens is 2. The van der Waals surface area contributed by atoms with Crippen LogP contribution in [0, 0.1) is 6.92 Å². The molecule has 0 saturated heterocycles. The number of amides is 1. The van der Waals surface area contributed by atoms with Crippen molar-refractivity contribution < 1.29 is 9.53 Å². The molecule has 0 spiro atoms. The summed E-state index contributed by atoms with van der Waals surface area (Å²) in [6, 6.07) is 15.7. The molecule has 0 aliphatic carbocycles. The van der Waals surface area contributed by atoms with Gasteiger partial charge in [0.15, 0.2) is 0 Å². The second-order valence-electron chi connectivity index (χ2n) is 6.70. The number of nitrogens with one attached hydrogen (secondary N) is 1. The van der Waals surface area contributed by atoms with E-state index >= 15 is 0 Å². The van der Waals surface area contributed by atoms with E-state index in [0.717, 1.165) is 28.2 Å². The molecule has 5 nitrogen and oxygen atoms in total. The Morgan fingerprint density at radius 3 is 2.67 bits per heavy atom. The fraction of sp³-hybridized carbons (Fsp3) is 0.273. The fourth-order valence-electron chi connectivity index (χ4n) is 3.01. The molecule has 0 bridgehead atoms. The van der Waals surface area contributed by atoms with Crippen LogP contribution in [0.4, 0.5) is 0 Å². The van der Waals surface area contributed by atoms with Crippen molar-refractivity contribution in [3.8, 4) is 5.75 Å². The molecule has 3 rings (SSSR count). The second kappa shape index (κ2) is 8.08. The number of imidazole rings is 1. The number of benzene rings is 2. The zero-order chi connectivity index (χ0) is 19.4. The number of hydrogen-bond acceptors (Lipinski definition) is 3. The van der Waals surface area contributed by atoms with Crippen LogP contribution in [0.25, 0.3) is 11.0 Å². The molecule has 0 saturated carbocycles. The summed E-state index contributed by atoms with van der Waals surface area (Å²) in [6.07, 6.45) is 0. The van der Waals surface area contributed by atoms with E-state index in [9.17, 15) is 4.79 Å². The normalized spacial score (nSPS) is 12.0. The molecule has 27 heavy (non-hydrogen) atoms. The van der Waals surface area contributed by atoms with Crippen LogP contribution in [0.15, 0.2) is 60.7 Å². The molecule has 0 radical (unpaired) electrons. The highest BCUT2D eigenvalue weighted by Crippen LogP contribution is 2.22. The highest BCUT2D eigenvalue weighted by molar-refractivity contribution is 5.92. The minimum atomic E-state index is -0.236. The smallest absolute Gasteiger partial charge is 0.246 e. The summed E-state index contributed by atoms with van der Waals surface area (Å²) in [5, 5.41) is 2.95. The van der Waals surface area contributed by atoms with E-state index in [-0.39, 0.29) is 11.9 Å². The third-order valence-electron chi connectivity index (χ3n) is 4.47. The van der Waals surface area contributed by atoms with Gasteiger partial charge in [-0.3, -0.25) is 4.79 Å². The van der Waals surface area contributed by atoms with Crippen LogP contribution >= 0.6 is 0 Å². The molecule has 1 amide bonds. The first-order valence-corrected chi connectivity index (χ1v) is 9.07. The van der Waals surface area contributed by atoms with Crippen molar-refractivity contribution in [1.29, 1.82) is 0 Å². The van der Waals surface area contributed by atoms with Crippen molar-refractivity contribution in [3.63, 3.8) is 0 Å². The van der Waals surface area contributed by atoms with Gasteiger partial charge >= 0.3 is 0 Å². The van der Waals surface area contributed by atoms with Crippen LogP contribution in [0.5, 0.6) is 5.75 Å². The first-order chi connectivity index (χ1) is 13.0. The molecule has 0 fully saturated rings. The average Bonchev–Trinajstić information content (AvgIpc) is 3.02. The van der Waals surface area contributed by atoms with E-state index < -0.39 is 0 Å². The average molecular weight is 363 g/mol. The van der Waals surface area contributed by atoms with Gasteiger partial charge in [-0.1, -0.05) is 36.9 Å². The van der Waals surface area contributed by atoms with Crippen molar-refractivity contribution in [2.75, 3.05) is 6.61 Å². The Hall–Kier alpha value is -3.08. The molecular weight excluding hydrogens is 338 g/mol. The number of carbonyl (C=O) groups is 1. The van der Waals surface area contributed by atoms with E-state index in [4.69, 9.17) is 9.72 Å². The zero-order valence-corrected chi connectivity index (χ0v) is 16.0. The number of nitrogens with zero attached hydrogens (tertiary/aromatic N) is 2. The number of ether oxygens (including phenoxy) is 1. The summed E-state index contributed by atoms with van der Waals surface area (Å²) in [5.74, 6) is 1.52. The topological polar surface area (TPSA) is 56.2 Å². The highest BCUT2D eigenvalue weighted by Gasteiger charge is 2.18. The van der Waals surface area contributed by atoms with Crippen molar-refractivity contribution in [2.45, 2.75) is 33.4 Å². The number of aryl methyl sites for hydroxylation is 1. The second-order valence-corrected chi connectivity index (χ2v) is 6.70. The van der Waals surface area contributed by atoms with Crippen LogP contribution in [-0.2, 0) is 11.3 Å². The van der Waals surface area contributed by atoms with Crippen LogP contribution in [0.1, 0.15) is 31.3 Å². The van der Waals surface area contributed by atoms with E-state index in [1.54, 1.807) is 6.92 Å². The molecule has 1 N–H and O–H groups in total. The molecule has 140 valence electrons. The lowest BCUT2D eigenvalue weighted by atomic mass is 10.2. The lowest BCUT2D eigenvalue weighted by molar-refractivity contribution is -0.118. The molecule has 1 heterocycles. The molecule has 2 aromatic carbocycles. The number of carbonyl (C=O) groups excluding carboxylic acids is 1. The Morgan fingerprint density at radius 1 is 1.22 bits per heavy atom. The SMILES string of the molecule is C=C(C)C(=O)NC(C)c1nc2ccccc2n1CCOc1ccccc1C. The Morgan fingerprint density at radius 2 is 1.93 bits per heavy atom. The van der Waals surface area contributed by atoms with Gasteiger partial charge < -0.3 is 14.6 Å². The van der Waals surface area contributed by atoms with Crippen LogP contribution in [0.3, 0.4) is 0 Å². The van der Waals surface area contributed by atoms with E-state index in [0.29, 0.717) is 18.7 Å². The Balaban J connectivity index is 1.83. The fourth-order valence-corrected chi connectivity index (χ4v) is 3.01. The predicted octanol–water partition coefficient (Wildman–Crippen LogP) is 4.18. The van der Waals surface area contributed by atoms with Gasteiger partial charge in [-0.25, -0.2) is 4.98 Å². The first-order valence-electron chi connectivity index (χ1n) is 9.07. The molecule has 1 atom stereocenters. The van der Waals surface area contributed by atoms with E-state index in [2.05, 4.69) is 16.5 Å². The van der Waals surface area contributed by atoms with Gasteiger partial charge in [-0.05, 0) is 44.5 Å². The lowest BCUT2D eigenvalue weighted by Gasteiger charge is -2.17. The summed E-state index contributed by atoms with van der Waals surface area (Å²) in [7, 11) is 0. The van der Waals surface area contributed by atoms with Crippen molar-refractivity contribution in [3.05, 3.63) is 72.1 Å². The number of rotatable bonds is 7. The van der Waals surface area contributed by atoms with Gasteiger partial charge in [0.2, 0.25) is 5.91 Å². The summed E-state index contributed by atoms with van der Waals surface area (Å²) < 4.78 is 8.07. The molecule has 0 aliphatic heterocycles. The maximum absolute atomic E-state index is 12.0. The third kappa shape index (κ3) is 4.19. The van der Waals surface area contributed by atoms with Crippen molar-refractivity contribution in [2.24, 2.45) is 0 Å². The monoisotopic (exact) mass is 363 g/mol.